The second kappa shape index (κ2) is 17.0. The lowest BCUT2D eigenvalue weighted by Crippen LogP contribution is -2.43. The lowest BCUT2D eigenvalue weighted by molar-refractivity contribution is -0.128. The molecule has 0 radical (unpaired) electrons. The number of carbonyl (C=O) groups is 1. The number of likely N-dealkylation sites (N-methyl/N-ethyl adjacent to an activating group) is 1. The van der Waals surface area contributed by atoms with E-state index in [1.807, 2.05) is 78.7 Å². The molecule has 1 N–H and O–H groups in total. The molecular weight excluding hydrogens is 598 g/mol. The van der Waals surface area contributed by atoms with Crippen LogP contribution in [0, 0.1) is 29.1 Å². The van der Waals surface area contributed by atoms with Crippen LogP contribution < -0.4 is 4.74 Å². The minimum Gasteiger partial charge on any atom is -0.457 e. The summed E-state index contributed by atoms with van der Waals surface area (Å²) in [5.41, 5.74) is 3.95. The summed E-state index contributed by atoms with van der Waals surface area (Å²) in [5.74, 6) is 2.49. The average Bonchev–Trinajstić information content (AvgIpc) is 3.60. The fraction of sp³-hybridized carbons (Fsp3) is 0.500. The van der Waals surface area contributed by atoms with Crippen molar-refractivity contribution in [3.05, 3.63) is 83.6 Å². The Morgan fingerprint density at radius 2 is 1.92 bits per heavy atom. The molecule has 1 amide bonds. The summed E-state index contributed by atoms with van der Waals surface area (Å²) in [6.07, 6.45) is 9.85. The topological polar surface area (TPSA) is 90.6 Å². The maximum absolute atomic E-state index is 13.4. The van der Waals surface area contributed by atoms with Gasteiger partial charge in [0.05, 0.1) is 18.0 Å². The number of carbonyl (C=O) groups excluding carboxylic acids is 1. The number of hydrogen-bond donors (Lipinski definition) is 1. The highest BCUT2D eigenvalue weighted by molar-refractivity contribution is 6.29. The molecule has 2 aromatic rings. The Bertz CT molecular complexity index is 1510. The van der Waals surface area contributed by atoms with Crippen LogP contribution in [0.1, 0.15) is 58.9 Å². The summed E-state index contributed by atoms with van der Waals surface area (Å²) in [6.45, 7) is 12.9. The fourth-order valence-corrected chi connectivity index (χ4v) is 6.95. The molecular formula is C40H53N5O3. The van der Waals surface area contributed by atoms with Crippen LogP contribution in [0.5, 0.6) is 11.5 Å². The van der Waals surface area contributed by atoms with Gasteiger partial charge in [-0.15, -0.1) is 0 Å². The highest BCUT2D eigenvalue weighted by Gasteiger charge is 2.37. The molecule has 256 valence electrons. The minimum atomic E-state index is 0.0698. The number of piperidine rings is 1. The van der Waals surface area contributed by atoms with Crippen molar-refractivity contribution < 1.29 is 14.3 Å². The first-order valence-electron chi connectivity index (χ1n) is 17.7. The van der Waals surface area contributed by atoms with Crippen LogP contribution in [0.15, 0.2) is 88.0 Å². The van der Waals surface area contributed by atoms with Gasteiger partial charge in [-0.3, -0.25) is 19.7 Å². The van der Waals surface area contributed by atoms with Gasteiger partial charge in [0.2, 0.25) is 5.91 Å². The molecule has 8 nitrogen and oxygen atoms in total. The summed E-state index contributed by atoms with van der Waals surface area (Å²) < 4.78 is 11.6. The van der Waals surface area contributed by atoms with Crippen molar-refractivity contribution in [3.8, 4) is 11.5 Å². The number of ether oxygens (including phenoxy) is 2. The number of amides is 1. The van der Waals surface area contributed by atoms with Gasteiger partial charge in [-0.25, -0.2) is 0 Å². The first-order chi connectivity index (χ1) is 23.2. The van der Waals surface area contributed by atoms with Gasteiger partial charge in [0.25, 0.3) is 0 Å². The van der Waals surface area contributed by atoms with Gasteiger partial charge in [-0.2, -0.15) is 0 Å². The molecule has 2 aromatic carbocycles. The molecule has 3 heterocycles. The smallest absolute Gasteiger partial charge is 0.246 e. The van der Waals surface area contributed by atoms with Crippen molar-refractivity contribution in [3.63, 3.8) is 0 Å². The molecule has 0 spiro atoms. The number of para-hydroxylation sites is 1. The molecule has 5 rings (SSSR count). The number of benzene rings is 2. The molecule has 0 aliphatic carbocycles. The normalized spacial score (nSPS) is 24.3. The van der Waals surface area contributed by atoms with Crippen molar-refractivity contribution in [1.82, 2.24) is 9.80 Å². The second-order valence-electron chi connectivity index (χ2n) is 13.7. The molecule has 3 aliphatic heterocycles. The van der Waals surface area contributed by atoms with E-state index in [2.05, 4.69) is 32.7 Å². The van der Waals surface area contributed by atoms with Crippen LogP contribution in [0.4, 0.5) is 0 Å². The Balaban J connectivity index is 1.38. The van der Waals surface area contributed by atoms with E-state index >= 15 is 0 Å². The van der Waals surface area contributed by atoms with E-state index in [4.69, 9.17) is 24.9 Å². The van der Waals surface area contributed by atoms with Crippen molar-refractivity contribution >= 4 is 23.5 Å². The maximum atomic E-state index is 13.4. The van der Waals surface area contributed by atoms with Gasteiger partial charge < -0.3 is 19.8 Å². The highest BCUT2D eigenvalue weighted by atomic mass is 16.5. The van der Waals surface area contributed by atoms with E-state index < -0.39 is 0 Å². The van der Waals surface area contributed by atoms with Crippen molar-refractivity contribution in [2.45, 2.75) is 59.4 Å². The SMILES string of the molecule is CCC(C)C=NC1=C(C(C)=N)C(c2ccc(Oc3ccccc3)cc2)=NCC(C2CCCN(C(=O)C=CCN(C)C3CCOC3)C2)C1C. The third-order valence-corrected chi connectivity index (χ3v) is 10.2. The van der Waals surface area contributed by atoms with E-state index in [1.165, 1.54) is 0 Å². The first-order valence-corrected chi connectivity index (χ1v) is 17.7. The molecule has 8 heteroatoms. The molecule has 3 aliphatic rings. The zero-order valence-corrected chi connectivity index (χ0v) is 29.4. The minimum absolute atomic E-state index is 0.0698. The van der Waals surface area contributed by atoms with Crippen LogP contribution in [-0.4, -0.2) is 85.8 Å². The molecule has 0 aromatic heterocycles. The van der Waals surface area contributed by atoms with Crippen LogP contribution in [0.2, 0.25) is 0 Å². The lowest BCUT2D eigenvalue weighted by atomic mass is 9.76. The maximum Gasteiger partial charge on any atom is 0.246 e. The second-order valence-corrected chi connectivity index (χ2v) is 13.7. The summed E-state index contributed by atoms with van der Waals surface area (Å²) in [4.78, 5) is 28.1. The number of hydrogen-bond acceptors (Lipinski definition) is 7. The van der Waals surface area contributed by atoms with E-state index in [0.717, 1.165) is 86.0 Å². The largest absolute Gasteiger partial charge is 0.457 e. The lowest BCUT2D eigenvalue weighted by Gasteiger charge is -2.38. The van der Waals surface area contributed by atoms with Crippen molar-refractivity contribution in [2.24, 2.45) is 33.7 Å². The average molecular weight is 652 g/mol. The number of aliphatic imine (C=N–C) groups is 2. The molecule has 0 bridgehead atoms. The standard InChI is InChI=1S/C40H53N5O3/c1-6-28(2)24-42-39-29(3)36(32-12-10-22-45(26-32)37(46)15-11-21-44(5)33-20-23-47-27-33)25-43-40(38(39)30(4)41)31-16-18-35(19-17-31)48-34-13-8-7-9-14-34/h7-9,11,13-19,24,28-29,32-33,36,41H,6,10,12,20-23,25-27H2,1-5H3. The third-order valence-electron chi connectivity index (χ3n) is 10.2. The Hall–Kier alpha value is -3.88. The molecule has 2 saturated heterocycles. The Kier molecular flexibility index (Phi) is 12.5. The van der Waals surface area contributed by atoms with E-state index in [0.29, 0.717) is 30.8 Å². The predicted molar refractivity (Wildman–Crippen MR) is 196 cm³/mol. The summed E-state index contributed by atoms with van der Waals surface area (Å²) in [5, 5.41) is 8.95. The van der Waals surface area contributed by atoms with Gasteiger partial charge in [-0.1, -0.05) is 45.0 Å². The Morgan fingerprint density at radius 1 is 1.17 bits per heavy atom. The van der Waals surface area contributed by atoms with Gasteiger partial charge in [-0.05, 0) is 93.8 Å². The van der Waals surface area contributed by atoms with E-state index in [-0.39, 0.29) is 23.7 Å². The van der Waals surface area contributed by atoms with Crippen LogP contribution in [-0.2, 0) is 9.53 Å². The zero-order valence-electron chi connectivity index (χ0n) is 29.4. The zero-order chi connectivity index (χ0) is 34.0. The molecule has 5 unspecified atom stereocenters. The number of nitrogens with one attached hydrogen (secondary N) is 1. The first kappa shape index (κ1) is 35.4. The van der Waals surface area contributed by atoms with Gasteiger partial charge in [0.15, 0.2) is 0 Å². The van der Waals surface area contributed by atoms with E-state index in [1.54, 1.807) is 6.08 Å². The fourth-order valence-electron chi connectivity index (χ4n) is 6.95. The van der Waals surface area contributed by atoms with E-state index in [9.17, 15) is 4.79 Å². The summed E-state index contributed by atoms with van der Waals surface area (Å²) >= 11 is 0. The van der Waals surface area contributed by atoms with Crippen LogP contribution >= 0.6 is 0 Å². The Morgan fingerprint density at radius 3 is 2.60 bits per heavy atom. The van der Waals surface area contributed by atoms with Crippen LogP contribution in [0.3, 0.4) is 0 Å². The monoisotopic (exact) mass is 651 g/mol. The predicted octanol–water partition coefficient (Wildman–Crippen LogP) is 7.46. The highest BCUT2D eigenvalue weighted by Crippen LogP contribution is 2.38. The van der Waals surface area contributed by atoms with Crippen molar-refractivity contribution in [1.29, 1.82) is 5.41 Å². The van der Waals surface area contributed by atoms with Gasteiger partial charge in [0, 0.05) is 73.9 Å². The summed E-state index contributed by atoms with van der Waals surface area (Å²) in [6, 6.07) is 18.2. The number of rotatable bonds is 12. The molecule has 0 saturated carbocycles. The summed E-state index contributed by atoms with van der Waals surface area (Å²) in [7, 11) is 2.10. The van der Waals surface area contributed by atoms with Crippen LogP contribution in [0.25, 0.3) is 0 Å². The number of nitrogens with zero attached hydrogens (tertiary/aromatic N) is 4. The molecule has 2 fully saturated rings. The van der Waals surface area contributed by atoms with Gasteiger partial charge in [0.1, 0.15) is 11.5 Å². The van der Waals surface area contributed by atoms with Crippen molar-refractivity contribution in [2.75, 3.05) is 46.4 Å². The quantitative estimate of drug-likeness (QED) is 0.191. The van der Waals surface area contributed by atoms with Gasteiger partial charge >= 0.3 is 0 Å². The Labute approximate surface area is 287 Å². The molecule has 48 heavy (non-hydrogen) atoms. The number of allylic oxidation sites excluding steroid dienone is 2. The molecule has 5 atom stereocenters. The number of likely N-dealkylation sites (tertiary alicyclic amines) is 1. The third kappa shape index (κ3) is 8.97.